The molecule has 144 valence electrons. The van der Waals surface area contributed by atoms with Gasteiger partial charge in [-0.15, -0.1) is 5.10 Å². The van der Waals surface area contributed by atoms with Crippen LogP contribution in [0.2, 0.25) is 5.02 Å². The Bertz CT molecular complexity index is 1020. The third kappa shape index (κ3) is 3.56. The van der Waals surface area contributed by atoms with Crippen LogP contribution in [0.3, 0.4) is 0 Å². The van der Waals surface area contributed by atoms with Crippen molar-refractivity contribution < 1.29 is 18.7 Å². The normalized spacial score (nSPS) is 15.8. The maximum Gasteiger partial charge on any atom is 0.278 e. The number of carbonyl (C=O) groups is 1. The van der Waals surface area contributed by atoms with E-state index >= 15 is 0 Å². The lowest BCUT2D eigenvalue weighted by Crippen LogP contribution is -2.24. The van der Waals surface area contributed by atoms with E-state index in [2.05, 4.69) is 15.6 Å². The Kier molecular flexibility index (Phi) is 4.97. The Morgan fingerprint density at radius 1 is 1.32 bits per heavy atom. The molecule has 2 heterocycles. The van der Waals surface area contributed by atoms with Gasteiger partial charge in [0.1, 0.15) is 6.10 Å². The van der Waals surface area contributed by atoms with Crippen molar-refractivity contribution in [2.75, 3.05) is 12.4 Å². The van der Waals surface area contributed by atoms with E-state index in [4.69, 9.17) is 21.1 Å². The molecule has 4 rings (SSSR count). The first kappa shape index (κ1) is 18.4. The second-order valence-electron chi connectivity index (χ2n) is 6.22. The molecule has 1 aromatic heterocycles. The van der Waals surface area contributed by atoms with Gasteiger partial charge in [-0.3, -0.25) is 4.79 Å². The Balaban J connectivity index is 1.50. The van der Waals surface area contributed by atoms with Gasteiger partial charge in [0.25, 0.3) is 5.91 Å². The van der Waals surface area contributed by atoms with Crippen LogP contribution in [0.1, 0.15) is 27.8 Å². The van der Waals surface area contributed by atoms with Crippen LogP contribution in [-0.4, -0.2) is 28.0 Å². The molecule has 0 saturated carbocycles. The lowest BCUT2D eigenvalue weighted by molar-refractivity contribution is -0.00171. The molecule has 1 amide bonds. The first-order valence-corrected chi connectivity index (χ1v) is 8.87. The van der Waals surface area contributed by atoms with Crippen molar-refractivity contribution in [2.24, 2.45) is 0 Å². The number of nitrogens with zero attached hydrogens (tertiary/aromatic N) is 3. The second kappa shape index (κ2) is 7.57. The molecule has 1 aliphatic rings. The van der Waals surface area contributed by atoms with Crippen molar-refractivity contribution in [1.82, 2.24) is 15.0 Å². The number of benzene rings is 2. The summed E-state index contributed by atoms with van der Waals surface area (Å²) in [6.45, 7) is 0.606. The van der Waals surface area contributed by atoms with Gasteiger partial charge >= 0.3 is 0 Å². The Morgan fingerprint density at radius 3 is 2.82 bits per heavy atom. The van der Waals surface area contributed by atoms with E-state index in [9.17, 15) is 9.18 Å². The number of anilines is 1. The summed E-state index contributed by atoms with van der Waals surface area (Å²) in [5, 5.41) is 11.3. The molecule has 1 N–H and O–H groups in total. The van der Waals surface area contributed by atoms with Gasteiger partial charge in [0.05, 0.1) is 26.0 Å². The molecular weight excluding hydrogens is 387 g/mol. The number of hydrogen-bond donors (Lipinski definition) is 1. The summed E-state index contributed by atoms with van der Waals surface area (Å²) >= 11 is 5.92. The van der Waals surface area contributed by atoms with Crippen molar-refractivity contribution in [1.29, 1.82) is 0 Å². The highest BCUT2D eigenvalue weighted by molar-refractivity contribution is 6.30. The molecule has 1 unspecified atom stereocenters. The summed E-state index contributed by atoms with van der Waals surface area (Å²) in [5.74, 6) is -0.959. The molecule has 1 atom stereocenters. The zero-order chi connectivity index (χ0) is 19.7. The number of ether oxygens (including phenoxy) is 2. The van der Waals surface area contributed by atoms with Gasteiger partial charge in [-0.25, -0.2) is 9.07 Å². The molecule has 0 aliphatic carbocycles. The molecule has 7 nitrogen and oxygen atoms in total. The molecule has 0 saturated heterocycles. The maximum absolute atomic E-state index is 13.8. The monoisotopic (exact) mass is 402 g/mol. The zero-order valence-corrected chi connectivity index (χ0v) is 15.6. The van der Waals surface area contributed by atoms with Crippen molar-refractivity contribution in [3.63, 3.8) is 0 Å². The summed E-state index contributed by atoms with van der Waals surface area (Å²) in [6, 6.07) is 11.5. The summed E-state index contributed by atoms with van der Waals surface area (Å²) in [7, 11) is 1.37. The minimum Gasteiger partial charge on any atom is -0.494 e. The lowest BCUT2D eigenvalue weighted by Gasteiger charge is -2.24. The number of nitrogens with one attached hydrogen (secondary N) is 1. The minimum atomic E-state index is -0.570. The third-order valence-electron chi connectivity index (χ3n) is 4.46. The largest absolute Gasteiger partial charge is 0.494 e. The summed E-state index contributed by atoms with van der Waals surface area (Å²) < 4.78 is 26.2. The van der Waals surface area contributed by atoms with Crippen LogP contribution < -0.4 is 10.1 Å². The molecule has 9 heteroatoms. The number of hydrogen-bond acceptors (Lipinski definition) is 5. The van der Waals surface area contributed by atoms with Gasteiger partial charge in [-0.05, 0) is 29.8 Å². The fraction of sp³-hybridized carbons (Fsp3) is 0.211. The molecule has 0 spiro atoms. The van der Waals surface area contributed by atoms with E-state index in [0.29, 0.717) is 22.9 Å². The number of methoxy groups -OCH3 is 1. The summed E-state index contributed by atoms with van der Waals surface area (Å²) in [5.41, 5.74) is 1.97. The molecule has 0 fully saturated rings. The summed E-state index contributed by atoms with van der Waals surface area (Å²) in [4.78, 5) is 12.6. The van der Waals surface area contributed by atoms with Crippen LogP contribution in [-0.2, 0) is 17.9 Å². The molecule has 0 bridgehead atoms. The highest BCUT2D eigenvalue weighted by atomic mass is 35.5. The number of rotatable bonds is 4. The SMILES string of the molecule is COc1ccc(NC(=O)c2nnn3c2COC(c2ccc(Cl)cc2)C3)cc1F. The van der Waals surface area contributed by atoms with E-state index < -0.39 is 11.7 Å². The van der Waals surface area contributed by atoms with Crippen LogP contribution in [0.4, 0.5) is 10.1 Å². The van der Waals surface area contributed by atoms with Crippen LogP contribution in [0, 0.1) is 5.82 Å². The fourth-order valence-corrected chi connectivity index (χ4v) is 3.13. The topological polar surface area (TPSA) is 78.3 Å². The minimum absolute atomic E-state index is 0.0978. The van der Waals surface area contributed by atoms with Gasteiger partial charge in [0.15, 0.2) is 17.3 Å². The molecule has 0 radical (unpaired) electrons. The average molecular weight is 403 g/mol. The van der Waals surface area contributed by atoms with Gasteiger partial charge in [0, 0.05) is 16.8 Å². The van der Waals surface area contributed by atoms with Gasteiger partial charge in [0.2, 0.25) is 0 Å². The van der Waals surface area contributed by atoms with Gasteiger partial charge in [-0.2, -0.15) is 0 Å². The molecular formula is C19H16ClFN4O3. The molecule has 1 aliphatic heterocycles. The van der Waals surface area contributed by atoms with E-state index in [1.165, 1.54) is 19.2 Å². The van der Waals surface area contributed by atoms with Crippen molar-refractivity contribution in [2.45, 2.75) is 19.3 Å². The first-order chi connectivity index (χ1) is 13.5. The maximum atomic E-state index is 13.8. The number of halogens is 2. The fourth-order valence-electron chi connectivity index (χ4n) is 3.00. The summed E-state index contributed by atoms with van der Waals surface area (Å²) in [6.07, 6.45) is -0.210. The Morgan fingerprint density at radius 2 is 2.11 bits per heavy atom. The number of fused-ring (bicyclic) bond motifs is 1. The average Bonchev–Trinajstić information content (AvgIpc) is 3.12. The smallest absolute Gasteiger partial charge is 0.278 e. The molecule has 28 heavy (non-hydrogen) atoms. The lowest BCUT2D eigenvalue weighted by atomic mass is 10.1. The highest BCUT2D eigenvalue weighted by Crippen LogP contribution is 2.28. The number of carbonyl (C=O) groups excluding carboxylic acids is 1. The zero-order valence-electron chi connectivity index (χ0n) is 14.9. The second-order valence-corrected chi connectivity index (χ2v) is 6.66. The van der Waals surface area contributed by atoms with Gasteiger partial charge < -0.3 is 14.8 Å². The van der Waals surface area contributed by atoms with E-state index in [1.54, 1.807) is 22.9 Å². The standard InChI is InChI=1S/C19H16ClFN4O3/c1-27-16-7-6-13(8-14(16)21)22-19(26)18-15-10-28-17(9-25(15)24-23-18)11-2-4-12(20)5-3-11/h2-8,17H,9-10H2,1H3,(H,22,26). The van der Waals surface area contributed by atoms with E-state index in [1.807, 2.05) is 12.1 Å². The number of amides is 1. The van der Waals surface area contributed by atoms with Crippen molar-refractivity contribution in [3.05, 3.63) is 70.3 Å². The predicted molar refractivity (Wildman–Crippen MR) is 99.9 cm³/mol. The van der Waals surface area contributed by atoms with E-state index in [0.717, 1.165) is 5.56 Å². The molecule has 3 aromatic rings. The first-order valence-electron chi connectivity index (χ1n) is 8.49. The van der Waals surface area contributed by atoms with Crippen LogP contribution in [0.15, 0.2) is 42.5 Å². The van der Waals surface area contributed by atoms with Crippen LogP contribution >= 0.6 is 11.6 Å². The Labute approximate surface area is 165 Å². The predicted octanol–water partition coefficient (Wildman–Crippen LogP) is 3.60. The third-order valence-corrected chi connectivity index (χ3v) is 4.72. The van der Waals surface area contributed by atoms with Gasteiger partial charge in [-0.1, -0.05) is 28.9 Å². The van der Waals surface area contributed by atoms with Crippen LogP contribution in [0.25, 0.3) is 0 Å². The van der Waals surface area contributed by atoms with Crippen molar-refractivity contribution in [3.8, 4) is 5.75 Å². The van der Waals surface area contributed by atoms with E-state index in [-0.39, 0.29) is 24.2 Å². The Hall–Kier alpha value is -2.97. The number of aromatic nitrogens is 3. The van der Waals surface area contributed by atoms with Crippen LogP contribution in [0.5, 0.6) is 5.75 Å². The quantitative estimate of drug-likeness (QED) is 0.721. The molecule has 2 aromatic carbocycles. The highest BCUT2D eigenvalue weighted by Gasteiger charge is 2.27. The van der Waals surface area contributed by atoms with Crippen molar-refractivity contribution >= 4 is 23.2 Å².